The Bertz CT molecular complexity index is 703. The van der Waals surface area contributed by atoms with Gasteiger partial charge in [-0.1, -0.05) is 31.0 Å². The van der Waals surface area contributed by atoms with E-state index in [1.165, 1.54) is 7.11 Å². The number of carbonyl (C=O) groups excluding carboxylic acids is 2. The fourth-order valence-electron chi connectivity index (χ4n) is 3.24. The average Bonchev–Trinajstić information content (AvgIpc) is 3.26. The van der Waals surface area contributed by atoms with E-state index < -0.39 is 11.4 Å². The number of nitrogens with one attached hydrogen (secondary N) is 1. The van der Waals surface area contributed by atoms with Crippen LogP contribution in [0.15, 0.2) is 41.8 Å². The number of rotatable bonds is 4. The monoisotopic (exact) mass is 329 g/mol. The minimum absolute atomic E-state index is 0.0335. The average molecular weight is 329 g/mol. The van der Waals surface area contributed by atoms with Gasteiger partial charge in [-0.2, -0.15) is 0 Å². The summed E-state index contributed by atoms with van der Waals surface area (Å²) in [6, 6.07) is 11.0. The van der Waals surface area contributed by atoms with Crippen LogP contribution < -0.4 is 5.32 Å². The van der Waals surface area contributed by atoms with E-state index in [0.29, 0.717) is 11.3 Å². The molecule has 5 heteroatoms. The summed E-state index contributed by atoms with van der Waals surface area (Å²) < 4.78 is 4.79. The van der Waals surface area contributed by atoms with Gasteiger partial charge in [-0.05, 0) is 36.4 Å². The van der Waals surface area contributed by atoms with Gasteiger partial charge < -0.3 is 10.1 Å². The predicted octanol–water partition coefficient (Wildman–Crippen LogP) is 3.99. The van der Waals surface area contributed by atoms with Crippen LogP contribution >= 0.6 is 11.3 Å². The normalized spacial score (nSPS) is 16.0. The Morgan fingerprint density at radius 3 is 2.52 bits per heavy atom. The minimum atomic E-state index is -0.475. The van der Waals surface area contributed by atoms with Crippen LogP contribution in [0.25, 0.3) is 0 Å². The second-order valence-corrected chi connectivity index (χ2v) is 6.71. The standard InChI is InChI=1S/C18H19NO3S/c1-22-16(20)13-7-2-3-8-14(13)19-17(21)18(10-4-5-11-18)15-9-6-12-23-15/h2-3,6-9,12H,4-5,10-11H2,1H3,(H,19,21). The lowest BCUT2D eigenvalue weighted by molar-refractivity contribution is -0.121. The SMILES string of the molecule is COC(=O)c1ccccc1NC(=O)C1(c2cccs2)CCCC1. The van der Waals surface area contributed by atoms with Crippen LogP contribution in [0.1, 0.15) is 40.9 Å². The molecule has 0 aliphatic heterocycles. The molecule has 1 saturated carbocycles. The number of hydrogen-bond acceptors (Lipinski definition) is 4. The number of thiophene rings is 1. The zero-order valence-electron chi connectivity index (χ0n) is 13.0. The quantitative estimate of drug-likeness (QED) is 0.863. The first-order valence-electron chi connectivity index (χ1n) is 7.70. The van der Waals surface area contributed by atoms with Crippen molar-refractivity contribution in [3.63, 3.8) is 0 Å². The highest BCUT2D eigenvalue weighted by Crippen LogP contribution is 2.44. The molecule has 1 N–H and O–H groups in total. The van der Waals surface area contributed by atoms with Crippen LogP contribution in [-0.2, 0) is 14.9 Å². The number of methoxy groups -OCH3 is 1. The fourth-order valence-corrected chi connectivity index (χ4v) is 4.22. The highest BCUT2D eigenvalue weighted by molar-refractivity contribution is 7.10. The van der Waals surface area contributed by atoms with Gasteiger partial charge in [-0.15, -0.1) is 11.3 Å². The number of ether oxygens (including phenoxy) is 1. The first-order chi connectivity index (χ1) is 11.2. The number of benzene rings is 1. The molecule has 1 aliphatic carbocycles. The molecule has 2 aromatic rings. The Kier molecular flexibility index (Phi) is 4.48. The Morgan fingerprint density at radius 2 is 1.87 bits per heavy atom. The largest absolute Gasteiger partial charge is 0.465 e. The summed E-state index contributed by atoms with van der Waals surface area (Å²) >= 11 is 1.62. The van der Waals surface area contributed by atoms with E-state index in [-0.39, 0.29) is 5.91 Å². The zero-order chi connectivity index (χ0) is 16.3. The van der Waals surface area contributed by atoms with E-state index >= 15 is 0 Å². The summed E-state index contributed by atoms with van der Waals surface area (Å²) in [5.74, 6) is -0.480. The second kappa shape index (κ2) is 6.54. The van der Waals surface area contributed by atoms with Crippen LogP contribution in [0, 0.1) is 0 Å². The molecule has 1 heterocycles. The van der Waals surface area contributed by atoms with Crippen LogP contribution in [0.4, 0.5) is 5.69 Å². The molecule has 1 aromatic carbocycles. The van der Waals surface area contributed by atoms with E-state index in [1.54, 1.807) is 35.6 Å². The second-order valence-electron chi connectivity index (χ2n) is 5.76. The first-order valence-corrected chi connectivity index (χ1v) is 8.58. The topological polar surface area (TPSA) is 55.4 Å². The lowest BCUT2D eigenvalue weighted by Gasteiger charge is -2.27. The molecule has 0 bridgehead atoms. The predicted molar refractivity (Wildman–Crippen MR) is 90.9 cm³/mol. The summed E-state index contributed by atoms with van der Waals surface area (Å²) in [7, 11) is 1.34. The summed E-state index contributed by atoms with van der Waals surface area (Å²) in [6.45, 7) is 0. The van der Waals surface area contributed by atoms with E-state index in [4.69, 9.17) is 4.74 Å². The zero-order valence-corrected chi connectivity index (χ0v) is 13.8. The smallest absolute Gasteiger partial charge is 0.339 e. The van der Waals surface area contributed by atoms with Crippen molar-refractivity contribution in [3.8, 4) is 0 Å². The molecular weight excluding hydrogens is 310 g/mol. The molecule has 0 unspecified atom stereocenters. The highest BCUT2D eigenvalue weighted by atomic mass is 32.1. The van der Waals surface area contributed by atoms with Crippen LogP contribution in [-0.4, -0.2) is 19.0 Å². The van der Waals surface area contributed by atoms with Gasteiger partial charge in [0.15, 0.2) is 0 Å². The minimum Gasteiger partial charge on any atom is -0.465 e. The van der Waals surface area contributed by atoms with Gasteiger partial charge in [0.05, 0.1) is 23.8 Å². The van der Waals surface area contributed by atoms with Gasteiger partial charge in [0.2, 0.25) is 5.91 Å². The Morgan fingerprint density at radius 1 is 1.13 bits per heavy atom. The number of anilines is 1. The summed E-state index contributed by atoms with van der Waals surface area (Å²) in [4.78, 5) is 26.0. The summed E-state index contributed by atoms with van der Waals surface area (Å²) in [5, 5.41) is 4.97. The molecule has 23 heavy (non-hydrogen) atoms. The molecular formula is C18H19NO3S. The van der Waals surface area contributed by atoms with Crippen molar-refractivity contribution in [3.05, 3.63) is 52.2 Å². The fraction of sp³-hybridized carbons (Fsp3) is 0.333. The van der Waals surface area contributed by atoms with Gasteiger partial charge in [0, 0.05) is 4.88 Å². The van der Waals surface area contributed by atoms with E-state index in [9.17, 15) is 9.59 Å². The third-order valence-electron chi connectivity index (χ3n) is 4.47. The summed E-state index contributed by atoms with van der Waals surface area (Å²) in [6.07, 6.45) is 3.79. The third-order valence-corrected chi connectivity index (χ3v) is 5.54. The maximum absolute atomic E-state index is 13.0. The molecule has 1 amide bonds. The van der Waals surface area contributed by atoms with Crippen molar-refractivity contribution < 1.29 is 14.3 Å². The van der Waals surface area contributed by atoms with Crippen molar-refractivity contribution in [2.24, 2.45) is 0 Å². The van der Waals surface area contributed by atoms with E-state index in [1.807, 2.05) is 17.5 Å². The number of amides is 1. The van der Waals surface area contributed by atoms with Gasteiger partial charge >= 0.3 is 5.97 Å². The Balaban J connectivity index is 1.91. The maximum atomic E-state index is 13.0. The van der Waals surface area contributed by atoms with Crippen LogP contribution in [0.3, 0.4) is 0 Å². The molecule has 0 atom stereocenters. The van der Waals surface area contributed by atoms with Gasteiger partial charge in [0.25, 0.3) is 0 Å². The highest BCUT2D eigenvalue weighted by Gasteiger charge is 2.43. The Labute approximate surface area is 139 Å². The van der Waals surface area contributed by atoms with Crippen molar-refractivity contribution in [1.29, 1.82) is 0 Å². The van der Waals surface area contributed by atoms with Gasteiger partial charge in [-0.3, -0.25) is 4.79 Å². The van der Waals surface area contributed by atoms with Gasteiger partial charge in [-0.25, -0.2) is 4.79 Å². The van der Waals surface area contributed by atoms with Crippen molar-refractivity contribution in [2.45, 2.75) is 31.1 Å². The molecule has 0 radical (unpaired) electrons. The molecule has 4 nitrogen and oxygen atoms in total. The number of para-hydroxylation sites is 1. The van der Waals surface area contributed by atoms with Crippen molar-refractivity contribution in [1.82, 2.24) is 0 Å². The molecule has 1 aromatic heterocycles. The van der Waals surface area contributed by atoms with E-state index in [0.717, 1.165) is 30.6 Å². The molecule has 1 aliphatic rings. The van der Waals surface area contributed by atoms with Gasteiger partial charge in [0.1, 0.15) is 0 Å². The molecule has 0 saturated heterocycles. The van der Waals surface area contributed by atoms with Crippen molar-refractivity contribution in [2.75, 3.05) is 12.4 Å². The summed E-state index contributed by atoms with van der Waals surface area (Å²) in [5.41, 5.74) is 0.409. The lowest BCUT2D eigenvalue weighted by Crippen LogP contribution is -2.37. The molecule has 3 rings (SSSR count). The first kappa shape index (κ1) is 15.7. The molecule has 0 spiro atoms. The van der Waals surface area contributed by atoms with Crippen LogP contribution in [0.5, 0.6) is 0 Å². The number of carbonyl (C=O) groups is 2. The number of esters is 1. The molecule has 120 valence electrons. The maximum Gasteiger partial charge on any atom is 0.339 e. The third kappa shape index (κ3) is 2.88. The van der Waals surface area contributed by atoms with Crippen molar-refractivity contribution >= 4 is 28.9 Å². The lowest BCUT2D eigenvalue weighted by atomic mass is 9.83. The molecule has 1 fully saturated rings. The van der Waals surface area contributed by atoms with Crippen LogP contribution in [0.2, 0.25) is 0 Å². The Hall–Kier alpha value is -2.14. The number of hydrogen-bond donors (Lipinski definition) is 1. The van der Waals surface area contributed by atoms with E-state index in [2.05, 4.69) is 5.32 Å².